The summed E-state index contributed by atoms with van der Waals surface area (Å²) < 4.78 is 5.24. The minimum Gasteiger partial charge on any atom is -0.444 e. The lowest BCUT2D eigenvalue weighted by Gasteiger charge is -2.24. The van der Waals surface area contributed by atoms with Crippen molar-refractivity contribution in [2.24, 2.45) is 0 Å². The van der Waals surface area contributed by atoms with Gasteiger partial charge in [0.05, 0.1) is 6.04 Å². The third-order valence-electron chi connectivity index (χ3n) is 2.60. The molecular formula is C14H15NO2. The first-order valence-corrected chi connectivity index (χ1v) is 5.61. The molecule has 3 heteroatoms. The van der Waals surface area contributed by atoms with Crippen molar-refractivity contribution in [2.75, 3.05) is 0 Å². The van der Waals surface area contributed by atoms with Gasteiger partial charge < -0.3 is 4.74 Å². The fraction of sp³-hybridized carbons (Fsp3) is 0.214. The van der Waals surface area contributed by atoms with E-state index in [1.54, 1.807) is 11.1 Å². The average molecular weight is 229 g/mol. The smallest absolute Gasteiger partial charge is 0.414 e. The number of ether oxygens (including phenoxy) is 1. The first kappa shape index (κ1) is 11.5. The number of hydrogen-bond acceptors (Lipinski definition) is 2. The zero-order valence-corrected chi connectivity index (χ0v) is 9.74. The molecule has 0 saturated heterocycles. The molecule has 0 fully saturated rings. The fourth-order valence-corrected chi connectivity index (χ4v) is 1.62. The molecule has 1 atom stereocenters. The Morgan fingerprint density at radius 1 is 1.29 bits per heavy atom. The van der Waals surface area contributed by atoms with Crippen molar-refractivity contribution < 1.29 is 9.53 Å². The SMILES string of the molecule is CC1C=CC=CN1C(=O)OCc1ccccc1. The predicted octanol–water partition coefficient (Wildman–Crippen LogP) is 3.10. The zero-order valence-electron chi connectivity index (χ0n) is 9.74. The summed E-state index contributed by atoms with van der Waals surface area (Å²) in [4.78, 5) is 13.4. The summed E-state index contributed by atoms with van der Waals surface area (Å²) in [5.74, 6) is 0. The Labute approximate surface area is 101 Å². The highest BCUT2D eigenvalue weighted by atomic mass is 16.6. The molecule has 0 aromatic heterocycles. The molecule has 0 spiro atoms. The Hall–Kier alpha value is -2.03. The van der Waals surface area contributed by atoms with Gasteiger partial charge in [0.2, 0.25) is 0 Å². The van der Waals surface area contributed by atoms with Crippen LogP contribution in [0.15, 0.2) is 54.8 Å². The molecule has 1 unspecified atom stereocenters. The van der Waals surface area contributed by atoms with Gasteiger partial charge in [-0.05, 0) is 18.6 Å². The molecule has 17 heavy (non-hydrogen) atoms. The third-order valence-corrected chi connectivity index (χ3v) is 2.60. The van der Waals surface area contributed by atoms with E-state index in [2.05, 4.69) is 0 Å². The van der Waals surface area contributed by atoms with Crippen molar-refractivity contribution in [3.05, 3.63) is 60.3 Å². The summed E-state index contributed by atoms with van der Waals surface area (Å²) in [6.07, 6.45) is 7.11. The Morgan fingerprint density at radius 3 is 2.76 bits per heavy atom. The maximum Gasteiger partial charge on any atom is 0.414 e. The van der Waals surface area contributed by atoms with E-state index < -0.39 is 0 Å². The molecule has 0 radical (unpaired) electrons. The molecule has 1 amide bonds. The van der Waals surface area contributed by atoms with Gasteiger partial charge >= 0.3 is 6.09 Å². The molecular weight excluding hydrogens is 214 g/mol. The topological polar surface area (TPSA) is 29.5 Å². The van der Waals surface area contributed by atoms with Crippen LogP contribution in [0.4, 0.5) is 4.79 Å². The van der Waals surface area contributed by atoms with E-state index in [-0.39, 0.29) is 12.1 Å². The summed E-state index contributed by atoms with van der Waals surface area (Å²) in [5, 5.41) is 0. The lowest BCUT2D eigenvalue weighted by atomic mass is 10.2. The second-order valence-corrected chi connectivity index (χ2v) is 3.91. The summed E-state index contributed by atoms with van der Waals surface area (Å²) in [6, 6.07) is 9.70. The van der Waals surface area contributed by atoms with E-state index in [0.717, 1.165) is 5.56 Å². The molecule has 0 saturated carbocycles. The van der Waals surface area contributed by atoms with E-state index in [1.807, 2.05) is 55.5 Å². The van der Waals surface area contributed by atoms with Gasteiger partial charge in [-0.15, -0.1) is 0 Å². The van der Waals surface area contributed by atoms with Crippen LogP contribution in [0.2, 0.25) is 0 Å². The van der Waals surface area contributed by atoms with Crippen LogP contribution in [0.25, 0.3) is 0 Å². The first-order chi connectivity index (χ1) is 8.27. The molecule has 1 aliphatic heterocycles. The van der Waals surface area contributed by atoms with Crippen LogP contribution in [-0.2, 0) is 11.3 Å². The van der Waals surface area contributed by atoms with Crippen molar-refractivity contribution in [2.45, 2.75) is 19.6 Å². The van der Waals surface area contributed by atoms with Crippen LogP contribution < -0.4 is 0 Å². The highest BCUT2D eigenvalue weighted by molar-refractivity contribution is 5.70. The van der Waals surface area contributed by atoms with Gasteiger partial charge in [-0.25, -0.2) is 4.79 Å². The van der Waals surface area contributed by atoms with Gasteiger partial charge in [0.1, 0.15) is 6.61 Å². The number of benzene rings is 1. The van der Waals surface area contributed by atoms with Crippen LogP contribution in [0, 0.1) is 0 Å². The van der Waals surface area contributed by atoms with Gasteiger partial charge in [0, 0.05) is 6.20 Å². The lowest BCUT2D eigenvalue weighted by molar-refractivity contribution is 0.105. The molecule has 2 rings (SSSR count). The highest BCUT2D eigenvalue weighted by Crippen LogP contribution is 2.11. The van der Waals surface area contributed by atoms with Gasteiger partial charge in [-0.3, -0.25) is 4.90 Å². The molecule has 1 aliphatic rings. The van der Waals surface area contributed by atoms with Crippen LogP contribution in [0.5, 0.6) is 0 Å². The van der Waals surface area contributed by atoms with Gasteiger partial charge in [0.15, 0.2) is 0 Å². The number of allylic oxidation sites excluding steroid dienone is 2. The molecule has 1 aromatic carbocycles. The number of rotatable bonds is 2. The van der Waals surface area contributed by atoms with Crippen molar-refractivity contribution in [1.29, 1.82) is 0 Å². The van der Waals surface area contributed by atoms with Crippen molar-refractivity contribution >= 4 is 6.09 Å². The standard InChI is InChI=1S/C14H15NO2/c1-12-7-5-6-10-15(12)14(16)17-11-13-8-3-2-4-9-13/h2-10,12H,11H2,1H3. The van der Waals surface area contributed by atoms with E-state index in [4.69, 9.17) is 4.74 Å². The number of carbonyl (C=O) groups excluding carboxylic acids is 1. The second-order valence-electron chi connectivity index (χ2n) is 3.91. The Morgan fingerprint density at radius 2 is 2.06 bits per heavy atom. The van der Waals surface area contributed by atoms with Crippen molar-refractivity contribution in [3.8, 4) is 0 Å². The zero-order chi connectivity index (χ0) is 12.1. The van der Waals surface area contributed by atoms with E-state index in [1.165, 1.54) is 0 Å². The summed E-state index contributed by atoms with van der Waals surface area (Å²) >= 11 is 0. The highest BCUT2D eigenvalue weighted by Gasteiger charge is 2.18. The molecule has 0 N–H and O–H groups in total. The van der Waals surface area contributed by atoms with Crippen molar-refractivity contribution in [1.82, 2.24) is 4.90 Å². The summed E-state index contributed by atoms with van der Waals surface area (Å²) in [6.45, 7) is 2.25. The number of hydrogen-bond donors (Lipinski definition) is 0. The third kappa shape index (κ3) is 2.97. The Kier molecular flexibility index (Phi) is 3.60. The molecule has 0 aliphatic carbocycles. The summed E-state index contributed by atoms with van der Waals surface area (Å²) in [5.41, 5.74) is 0.991. The number of amides is 1. The normalized spacial score (nSPS) is 18.2. The largest absolute Gasteiger partial charge is 0.444 e. The molecule has 1 heterocycles. The molecule has 3 nitrogen and oxygen atoms in total. The second kappa shape index (κ2) is 5.34. The van der Waals surface area contributed by atoms with Crippen molar-refractivity contribution in [3.63, 3.8) is 0 Å². The quantitative estimate of drug-likeness (QED) is 0.779. The van der Waals surface area contributed by atoms with Crippen LogP contribution in [0.1, 0.15) is 12.5 Å². The number of carbonyl (C=O) groups is 1. The van der Waals surface area contributed by atoms with Gasteiger partial charge in [-0.1, -0.05) is 42.5 Å². The van der Waals surface area contributed by atoms with E-state index in [0.29, 0.717) is 6.61 Å². The molecule has 88 valence electrons. The lowest BCUT2D eigenvalue weighted by Crippen LogP contribution is -2.34. The van der Waals surface area contributed by atoms with E-state index >= 15 is 0 Å². The molecule has 0 bridgehead atoms. The maximum absolute atomic E-state index is 11.8. The predicted molar refractivity (Wildman–Crippen MR) is 66.2 cm³/mol. The first-order valence-electron chi connectivity index (χ1n) is 5.61. The van der Waals surface area contributed by atoms with Crippen LogP contribution in [0.3, 0.4) is 0 Å². The minimum atomic E-state index is -0.318. The van der Waals surface area contributed by atoms with Crippen LogP contribution in [-0.4, -0.2) is 17.0 Å². The monoisotopic (exact) mass is 229 g/mol. The summed E-state index contributed by atoms with van der Waals surface area (Å²) in [7, 11) is 0. The average Bonchev–Trinajstić information content (AvgIpc) is 2.38. The van der Waals surface area contributed by atoms with E-state index in [9.17, 15) is 4.79 Å². The van der Waals surface area contributed by atoms with Gasteiger partial charge in [-0.2, -0.15) is 0 Å². The number of nitrogens with zero attached hydrogens (tertiary/aromatic N) is 1. The van der Waals surface area contributed by atoms with Crippen LogP contribution >= 0.6 is 0 Å². The molecule has 1 aromatic rings. The Balaban J connectivity index is 1.90. The minimum absolute atomic E-state index is 0.0447. The van der Waals surface area contributed by atoms with Gasteiger partial charge in [0.25, 0.3) is 0 Å². The Bertz CT molecular complexity index is 437. The fourth-order valence-electron chi connectivity index (χ4n) is 1.62. The maximum atomic E-state index is 11.8.